The van der Waals surface area contributed by atoms with Crippen molar-refractivity contribution in [3.05, 3.63) is 21.2 Å². The Labute approximate surface area is 100 Å². The molecule has 1 aromatic heterocycles. The normalized spacial score (nSPS) is 21.9. The van der Waals surface area contributed by atoms with Gasteiger partial charge in [0.1, 0.15) is 11.6 Å². The second-order valence-corrected chi connectivity index (χ2v) is 4.64. The molecular formula is C9H9N3O4S. The lowest BCUT2D eigenvalue weighted by atomic mass is 10.3. The van der Waals surface area contributed by atoms with Gasteiger partial charge in [-0.1, -0.05) is 0 Å². The number of carbonyl (C=O) groups excluding carboxylic acids is 2. The van der Waals surface area contributed by atoms with Gasteiger partial charge in [0.25, 0.3) is 0 Å². The quantitative estimate of drug-likeness (QED) is 0.490. The smallest absolute Gasteiger partial charge is 0.236 e. The van der Waals surface area contributed by atoms with Gasteiger partial charge in [0.2, 0.25) is 11.9 Å². The Morgan fingerprint density at radius 3 is 2.82 bits per heavy atom. The molecule has 1 N–H and O–H groups in total. The molecule has 1 fully saturated rings. The summed E-state index contributed by atoms with van der Waals surface area (Å²) in [5.74, 6) is -1.16. The minimum Gasteiger partial charge on any atom is -0.301 e. The van der Waals surface area contributed by atoms with Crippen LogP contribution in [0, 0.1) is 16.0 Å². The highest BCUT2D eigenvalue weighted by molar-refractivity contribution is 7.14. The molecule has 1 saturated carbocycles. The Morgan fingerprint density at radius 1 is 1.65 bits per heavy atom. The van der Waals surface area contributed by atoms with Gasteiger partial charge in [-0.3, -0.25) is 19.7 Å². The molecular weight excluding hydrogens is 246 g/mol. The Balaban J connectivity index is 1.95. The largest absolute Gasteiger partial charge is 0.301 e. The summed E-state index contributed by atoms with van der Waals surface area (Å²) < 4.78 is 0. The Hall–Kier alpha value is -1.83. The Kier molecular flexibility index (Phi) is 2.88. The molecule has 2 unspecified atom stereocenters. The van der Waals surface area contributed by atoms with Crippen molar-refractivity contribution in [1.29, 1.82) is 0 Å². The fourth-order valence-corrected chi connectivity index (χ4v) is 2.14. The number of aromatic nitrogens is 1. The number of anilines is 1. The van der Waals surface area contributed by atoms with E-state index in [1.54, 1.807) is 0 Å². The van der Waals surface area contributed by atoms with Crippen molar-refractivity contribution in [2.24, 2.45) is 5.92 Å². The lowest BCUT2D eigenvalue weighted by Crippen LogP contribution is -2.18. The summed E-state index contributed by atoms with van der Waals surface area (Å²) >= 11 is 1.13. The Bertz CT molecular complexity index is 498. The molecule has 1 aliphatic rings. The minimum absolute atomic E-state index is 0.184. The molecule has 0 bridgehead atoms. The molecule has 17 heavy (non-hydrogen) atoms. The summed E-state index contributed by atoms with van der Waals surface area (Å²) in [6.45, 7) is 1.38. The fourth-order valence-electron chi connectivity index (χ4n) is 1.39. The van der Waals surface area contributed by atoms with E-state index in [0.717, 1.165) is 11.3 Å². The summed E-state index contributed by atoms with van der Waals surface area (Å²) in [6.07, 6.45) is 0.268. The van der Waals surface area contributed by atoms with E-state index in [1.165, 1.54) is 12.3 Å². The molecule has 1 aliphatic carbocycles. The number of amides is 1. The molecule has 7 nitrogen and oxygen atoms in total. The highest BCUT2D eigenvalue weighted by Gasteiger charge is 2.53. The molecule has 0 saturated heterocycles. The van der Waals surface area contributed by atoms with Crippen molar-refractivity contribution in [1.82, 2.24) is 4.98 Å². The van der Waals surface area contributed by atoms with E-state index in [1.807, 2.05) is 0 Å². The number of hydrogen-bond acceptors (Lipinski definition) is 6. The molecule has 1 amide bonds. The first-order chi connectivity index (χ1) is 7.99. The zero-order valence-corrected chi connectivity index (χ0v) is 9.69. The first-order valence-corrected chi connectivity index (χ1v) is 5.78. The molecule has 0 radical (unpaired) electrons. The number of thiazole rings is 1. The number of ketones is 1. The molecule has 1 aromatic rings. The van der Waals surface area contributed by atoms with Gasteiger partial charge < -0.3 is 5.32 Å². The summed E-state index contributed by atoms with van der Waals surface area (Å²) in [6, 6.07) is -0.776. The van der Waals surface area contributed by atoms with Crippen LogP contribution in [-0.4, -0.2) is 27.6 Å². The van der Waals surface area contributed by atoms with E-state index in [-0.39, 0.29) is 17.9 Å². The predicted octanol–water partition coefficient (Wildman–Crippen LogP) is 0.949. The maximum absolute atomic E-state index is 11.5. The van der Waals surface area contributed by atoms with Crippen LogP contribution in [0.15, 0.2) is 5.38 Å². The second kappa shape index (κ2) is 4.21. The van der Waals surface area contributed by atoms with E-state index >= 15 is 0 Å². The van der Waals surface area contributed by atoms with Crippen molar-refractivity contribution in [3.63, 3.8) is 0 Å². The monoisotopic (exact) mass is 255 g/mol. The van der Waals surface area contributed by atoms with Crippen LogP contribution in [0.4, 0.5) is 5.13 Å². The van der Waals surface area contributed by atoms with E-state index in [4.69, 9.17) is 0 Å². The molecule has 0 spiro atoms. The van der Waals surface area contributed by atoms with Gasteiger partial charge in [-0.25, -0.2) is 4.98 Å². The van der Waals surface area contributed by atoms with Crippen LogP contribution in [-0.2, 0) is 4.79 Å². The number of Topliss-reactive ketones (excluding diaryl/α,β-unsaturated/α-hetero) is 1. The fraction of sp³-hybridized carbons (Fsp3) is 0.444. The Morgan fingerprint density at radius 2 is 2.35 bits per heavy atom. The van der Waals surface area contributed by atoms with Crippen molar-refractivity contribution in [3.8, 4) is 0 Å². The zero-order chi connectivity index (χ0) is 12.6. The van der Waals surface area contributed by atoms with Crippen molar-refractivity contribution in [2.75, 3.05) is 5.32 Å². The maximum Gasteiger partial charge on any atom is 0.236 e. The van der Waals surface area contributed by atoms with E-state index in [9.17, 15) is 19.7 Å². The van der Waals surface area contributed by atoms with Gasteiger partial charge in [0, 0.05) is 23.6 Å². The van der Waals surface area contributed by atoms with Crippen LogP contribution < -0.4 is 5.32 Å². The van der Waals surface area contributed by atoms with Crippen molar-refractivity contribution >= 4 is 28.2 Å². The molecule has 8 heteroatoms. The third-order valence-electron chi connectivity index (χ3n) is 2.46. The van der Waals surface area contributed by atoms with Crippen LogP contribution in [0.1, 0.15) is 23.8 Å². The maximum atomic E-state index is 11.5. The molecule has 90 valence electrons. The third kappa shape index (κ3) is 2.47. The first kappa shape index (κ1) is 11.6. The predicted molar refractivity (Wildman–Crippen MR) is 59.6 cm³/mol. The SMILES string of the molecule is CC(=O)c1csc(NC(=O)C2CC2[N+](=O)[O-])n1. The molecule has 2 rings (SSSR count). The number of nitro groups is 1. The highest BCUT2D eigenvalue weighted by Crippen LogP contribution is 2.34. The number of hydrogen-bond donors (Lipinski definition) is 1. The topological polar surface area (TPSA) is 102 Å². The number of carbonyl (C=O) groups is 2. The summed E-state index contributed by atoms with van der Waals surface area (Å²) in [4.78, 5) is 36.3. The lowest BCUT2D eigenvalue weighted by molar-refractivity contribution is -0.497. The van der Waals surface area contributed by atoms with Crippen LogP contribution in [0.25, 0.3) is 0 Å². The van der Waals surface area contributed by atoms with Crippen LogP contribution in [0.2, 0.25) is 0 Å². The summed E-state index contributed by atoms with van der Waals surface area (Å²) in [7, 11) is 0. The van der Waals surface area contributed by atoms with Gasteiger partial charge >= 0.3 is 0 Å². The van der Waals surface area contributed by atoms with E-state index < -0.39 is 22.8 Å². The standard InChI is InChI=1S/C9H9N3O4S/c1-4(13)6-3-17-9(10-6)11-8(14)5-2-7(5)12(15)16/h3,5,7H,2H2,1H3,(H,10,11,14). The lowest BCUT2D eigenvalue weighted by Gasteiger charge is -1.97. The third-order valence-corrected chi connectivity index (χ3v) is 3.22. The van der Waals surface area contributed by atoms with Gasteiger partial charge in [-0.15, -0.1) is 11.3 Å². The van der Waals surface area contributed by atoms with Gasteiger partial charge in [0.05, 0.1) is 0 Å². The number of nitrogens with one attached hydrogen (secondary N) is 1. The number of nitrogens with zero attached hydrogens (tertiary/aromatic N) is 2. The van der Waals surface area contributed by atoms with E-state index in [0.29, 0.717) is 5.13 Å². The summed E-state index contributed by atoms with van der Waals surface area (Å²) in [5, 5.41) is 14.7. The van der Waals surface area contributed by atoms with Crippen LogP contribution in [0.5, 0.6) is 0 Å². The molecule has 2 atom stereocenters. The zero-order valence-electron chi connectivity index (χ0n) is 8.87. The van der Waals surface area contributed by atoms with Gasteiger partial charge in [-0.2, -0.15) is 0 Å². The van der Waals surface area contributed by atoms with E-state index in [2.05, 4.69) is 10.3 Å². The van der Waals surface area contributed by atoms with Gasteiger partial charge in [0.15, 0.2) is 10.9 Å². The average molecular weight is 255 g/mol. The van der Waals surface area contributed by atoms with Crippen molar-refractivity contribution < 1.29 is 14.5 Å². The van der Waals surface area contributed by atoms with Crippen LogP contribution >= 0.6 is 11.3 Å². The average Bonchev–Trinajstić information content (AvgIpc) is 2.93. The van der Waals surface area contributed by atoms with Gasteiger partial charge in [-0.05, 0) is 0 Å². The highest BCUT2D eigenvalue weighted by atomic mass is 32.1. The van der Waals surface area contributed by atoms with Crippen LogP contribution in [0.3, 0.4) is 0 Å². The summed E-state index contributed by atoms with van der Waals surface area (Å²) in [5.41, 5.74) is 0.284. The minimum atomic E-state index is -0.776. The second-order valence-electron chi connectivity index (χ2n) is 3.78. The number of rotatable bonds is 4. The molecule has 0 aliphatic heterocycles. The van der Waals surface area contributed by atoms with Crippen molar-refractivity contribution in [2.45, 2.75) is 19.4 Å². The molecule has 0 aromatic carbocycles. The molecule has 1 heterocycles. The first-order valence-electron chi connectivity index (χ1n) is 4.90.